The van der Waals surface area contributed by atoms with Crippen LogP contribution >= 0.6 is 11.6 Å². The molecule has 2 aromatic carbocycles. The van der Waals surface area contributed by atoms with Gasteiger partial charge < -0.3 is 10.6 Å². The molecule has 5 nitrogen and oxygen atoms in total. The number of anilines is 3. The number of ketones is 1. The number of carbonyl (C=O) groups excluding carboxylic acids is 2. The minimum absolute atomic E-state index is 0.0137. The van der Waals surface area contributed by atoms with E-state index >= 15 is 0 Å². The molecule has 0 aliphatic rings. The number of nitrogens with zero attached hydrogens (tertiary/aromatic N) is 1. The van der Waals surface area contributed by atoms with Gasteiger partial charge in [0.1, 0.15) is 11.5 Å². The third-order valence-electron chi connectivity index (χ3n) is 3.75. The number of aromatic nitrogens is 1. The fourth-order valence-electron chi connectivity index (χ4n) is 2.33. The average molecular weight is 384 g/mol. The number of halogens is 2. The lowest BCUT2D eigenvalue weighted by Crippen LogP contribution is -2.13. The van der Waals surface area contributed by atoms with Crippen molar-refractivity contribution in [3.63, 3.8) is 0 Å². The molecule has 1 amide bonds. The molecule has 136 valence electrons. The minimum atomic E-state index is -0.497. The molecular weight excluding hydrogens is 369 g/mol. The first kappa shape index (κ1) is 18.5. The predicted octanol–water partition coefficient (Wildman–Crippen LogP) is 5.07. The van der Waals surface area contributed by atoms with Gasteiger partial charge in [-0.3, -0.25) is 9.59 Å². The first-order valence-corrected chi connectivity index (χ1v) is 8.40. The fourth-order valence-corrected chi connectivity index (χ4v) is 2.51. The van der Waals surface area contributed by atoms with Crippen molar-refractivity contribution in [1.29, 1.82) is 0 Å². The summed E-state index contributed by atoms with van der Waals surface area (Å²) in [6, 6.07) is 14.1. The Morgan fingerprint density at radius 3 is 2.22 bits per heavy atom. The van der Waals surface area contributed by atoms with Crippen molar-refractivity contribution in [3.8, 4) is 0 Å². The summed E-state index contributed by atoms with van der Waals surface area (Å²) in [5, 5.41) is 5.76. The maximum Gasteiger partial charge on any atom is 0.274 e. The second kappa shape index (κ2) is 7.97. The molecule has 3 aromatic rings. The first-order valence-electron chi connectivity index (χ1n) is 8.03. The summed E-state index contributed by atoms with van der Waals surface area (Å²) < 4.78 is 13.2. The third kappa shape index (κ3) is 4.68. The number of hydrogen-bond donors (Lipinski definition) is 2. The highest BCUT2D eigenvalue weighted by Gasteiger charge is 2.09. The van der Waals surface area contributed by atoms with Crippen molar-refractivity contribution < 1.29 is 14.0 Å². The molecule has 2 N–H and O–H groups in total. The Kier molecular flexibility index (Phi) is 5.47. The Bertz CT molecular complexity index is 989. The molecule has 1 aromatic heterocycles. The molecule has 0 atom stereocenters. The molecule has 7 heteroatoms. The smallest absolute Gasteiger partial charge is 0.274 e. The van der Waals surface area contributed by atoms with Gasteiger partial charge in [-0.1, -0.05) is 11.6 Å². The van der Waals surface area contributed by atoms with Crippen molar-refractivity contribution >= 4 is 40.4 Å². The molecule has 3 rings (SSSR count). The van der Waals surface area contributed by atoms with Gasteiger partial charge in [-0.2, -0.15) is 0 Å². The van der Waals surface area contributed by atoms with E-state index in [0.717, 1.165) is 0 Å². The lowest BCUT2D eigenvalue weighted by atomic mass is 10.1. The van der Waals surface area contributed by atoms with E-state index in [4.69, 9.17) is 11.6 Å². The van der Waals surface area contributed by atoms with Gasteiger partial charge in [-0.25, -0.2) is 9.37 Å². The molecule has 0 aliphatic carbocycles. The van der Waals surface area contributed by atoms with E-state index in [1.54, 1.807) is 42.5 Å². The van der Waals surface area contributed by atoms with E-state index in [2.05, 4.69) is 15.6 Å². The van der Waals surface area contributed by atoms with Gasteiger partial charge in [-0.15, -0.1) is 0 Å². The maximum absolute atomic E-state index is 13.2. The van der Waals surface area contributed by atoms with E-state index in [0.29, 0.717) is 22.6 Å². The van der Waals surface area contributed by atoms with Gasteiger partial charge in [-0.05, 0) is 61.5 Å². The Hall–Kier alpha value is -3.25. The minimum Gasteiger partial charge on any atom is -0.354 e. The molecule has 0 bridgehead atoms. The number of pyridine rings is 1. The van der Waals surface area contributed by atoms with Gasteiger partial charge in [0.05, 0.1) is 16.9 Å². The summed E-state index contributed by atoms with van der Waals surface area (Å²) in [5.41, 5.74) is 2.59. The molecular formula is C20H15ClFN3O2. The Morgan fingerprint density at radius 1 is 0.963 bits per heavy atom. The van der Waals surface area contributed by atoms with Crippen LogP contribution in [0.5, 0.6) is 0 Å². The van der Waals surface area contributed by atoms with Crippen LogP contribution in [-0.2, 0) is 0 Å². The zero-order valence-corrected chi connectivity index (χ0v) is 15.0. The van der Waals surface area contributed by atoms with E-state index in [1.165, 1.54) is 25.3 Å². The lowest BCUT2D eigenvalue weighted by molar-refractivity contribution is 0.101. The largest absolute Gasteiger partial charge is 0.354 e. The van der Waals surface area contributed by atoms with Crippen LogP contribution in [-0.4, -0.2) is 16.7 Å². The molecule has 0 saturated carbocycles. The van der Waals surface area contributed by atoms with Crippen LogP contribution in [0.3, 0.4) is 0 Å². The summed E-state index contributed by atoms with van der Waals surface area (Å²) in [4.78, 5) is 27.7. The summed E-state index contributed by atoms with van der Waals surface area (Å²) in [7, 11) is 0. The lowest BCUT2D eigenvalue weighted by Gasteiger charge is -2.08. The van der Waals surface area contributed by atoms with Crippen molar-refractivity contribution in [2.24, 2.45) is 0 Å². The zero-order chi connectivity index (χ0) is 19.4. The fraction of sp³-hybridized carbons (Fsp3) is 0.0500. The van der Waals surface area contributed by atoms with Gasteiger partial charge in [0.2, 0.25) is 0 Å². The standard InChI is InChI=1S/C20H15ClFN3O2/c1-12(26)13-2-4-14(5-3-13)25-20(27)19-9-7-16(11-23-19)24-15-6-8-18(22)17(21)10-15/h2-11,24H,1H3,(H,25,27). The number of benzene rings is 2. The molecule has 0 fully saturated rings. The monoisotopic (exact) mass is 383 g/mol. The highest BCUT2D eigenvalue weighted by molar-refractivity contribution is 6.31. The second-order valence-corrected chi connectivity index (χ2v) is 6.18. The predicted molar refractivity (Wildman–Crippen MR) is 103 cm³/mol. The maximum atomic E-state index is 13.2. The van der Waals surface area contributed by atoms with Crippen molar-refractivity contribution in [1.82, 2.24) is 4.98 Å². The van der Waals surface area contributed by atoms with Crippen LogP contribution < -0.4 is 10.6 Å². The zero-order valence-electron chi connectivity index (χ0n) is 14.3. The van der Waals surface area contributed by atoms with Crippen molar-refractivity contribution in [3.05, 3.63) is 82.9 Å². The second-order valence-electron chi connectivity index (χ2n) is 5.77. The average Bonchev–Trinajstić information content (AvgIpc) is 2.66. The quantitative estimate of drug-likeness (QED) is 0.603. The third-order valence-corrected chi connectivity index (χ3v) is 4.04. The summed E-state index contributed by atoms with van der Waals surface area (Å²) in [6.07, 6.45) is 1.49. The van der Waals surface area contributed by atoms with Gasteiger partial charge in [0.15, 0.2) is 5.78 Å². The van der Waals surface area contributed by atoms with Crippen LogP contribution in [0, 0.1) is 5.82 Å². The SMILES string of the molecule is CC(=O)c1ccc(NC(=O)c2ccc(Nc3ccc(F)c(Cl)c3)cn2)cc1. The van der Waals surface area contributed by atoms with Crippen molar-refractivity contribution in [2.75, 3.05) is 10.6 Å². The van der Waals surface area contributed by atoms with E-state index in [1.807, 2.05) is 0 Å². The van der Waals surface area contributed by atoms with Crippen LogP contribution in [0.25, 0.3) is 0 Å². The Morgan fingerprint density at radius 2 is 1.63 bits per heavy atom. The molecule has 0 unspecified atom stereocenters. The van der Waals surface area contributed by atoms with Gasteiger partial charge >= 0.3 is 0 Å². The van der Waals surface area contributed by atoms with E-state index < -0.39 is 5.82 Å². The highest BCUT2D eigenvalue weighted by Crippen LogP contribution is 2.22. The van der Waals surface area contributed by atoms with Crippen LogP contribution in [0.15, 0.2) is 60.8 Å². The summed E-state index contributed by atoms with van der Waals surface area (Å²) >= 11 is 5.75. The number of hydrogen-bond acceptors (Lipinski definition) is 4. The van der Waals surface area contributed by atoms with Gasteiger partial charge in [0, 0.05) is 16.9 Å². The number of rotatable bonds is 5. The first-order chi connectivity index (χ1) is 12.9. The highest BCUT2D eigenvalue weighted by atomic mass is 35.5. The topological polar surface area (TPSA) is 71.1 Å². The Balaban J connectivity index is 1.66. The number of Topliss-reactive ketones (excluding diaryl/α,β-unsaturated/α-hetero) is 1. The normalized spacial score (nSPS) is 10.3. The molecule has 0 aliphatic heterocycles. The van der Waals surface area contributed by atoms with Crippen LogP contribution in [0.4, 0.5) is 21.5 Å². The number of amides is 1. The summed E-state index contributed by atoms with van der Waals surface area (Å²) in [6.45, 7) is 1.48. The molecule has 0 radical (unpaired) electrons. The molecule has 27 heavy (non-hydrogen) atoms. The van der Waals surface area contributed by atoms with Crippen LogP contribution in [0.1, 0.15) is 27.8 Å². The van der Waals surface area contributed by atoms with Gasteiger partial charge in [0.25, 0.3) is 5.91 Å². The molecule has 0 saturated heterocycles. The van der Waals surface area contributed by atoms with E-state index in [-0.39, 0.29) is 22.4 Å². The van der Waals surface area contributed by atoms with E-state index in [9.17, 15) is 14.0 Å². The molecule has 1 heterocycles. The van der Waals surface area contributed by atoms with Crippen LogP contribution in [0.2, 0.25) is 5.02 Å². The number of carbonyl (C=O) groups is 2. The number of nitrogens with one attached hydrogen (secondary N) is 2. The molecule has 0 spiro atoms. The summed E-state index contributed by atoms with van der Waals surface area (Å²) in [5.74, 6) is -0.911. The van der Waals surface area contributed by atoms with Crippen molar-refractivity contribution in [2.45, 2.75) is 6.92 Å². The Labute approximate surface area is 160 Å².